The van der Waals surface area contributed by atoms with Crippen molar-refractivity contribution in [1.29, 1.82) is 0 Å². The van der Waals surface area contributed by atoms with Crippen molar-refractivity contribution in [3.8, 4) is 0 Å². The lowest BCUT2D eigenvalue weighted by Crippen LogP contribution is -2.08. The van der Waals surface area contributed by atoms with E-state index in [1.807, 2.05) is 0 Å². The normalized spacial score (nSPS) is 12.4. The summed E-state index contributed by atoms with van der Waals surface area (Å²) in [5, 5.41) is -0.285. The van der Waals surface area contributed by atoms with Crippen LogP contribution < -0.4 is 0 Å². The number of ether oxygens (including phenoxy) is 2. The molecule has 0 aromatic carbocycles. The van der Waals surface area contributed by atoms with Crippen molar-refractivity contribution in [2.75, 3.05) is 28.4 Å². The second-order valence-electron chi connectivity index (χ2n) is 2.09. The highest BCUT2D eigenvalue weighted by atomic mass is 31.2. The van der Waals surface area contributed by atoms with Crippen molar-refractivity contribution < 1.29 is 27.9 Å². The Morgan fingerprint density at radius 3 is 1.93 bits per heavy atom. The van der Waals surface area contributed by atoms with Crippen molar-refractivity contribution in [2.45, 2.75) is 0 Å². The third-order valence-electron chi connectivity index (χ3n) is 1.40. The summed E-state index contributed by atoms with van der Waals surface area (Å²) >= 11 is 0. The van der Waals surface area contributed by atoms with Crippen molar-refractivity contribution in [3.63, 3.8) is 0 Å². The Balaban J connectivity index is 5.10. The Morgan fingerprint density at radius 1 is 1.14 bits per heavy atom. The Hall–Kier alpha value is -0.840. The lowest BCUT2D eigenvalue weighted by molar-refractivity contribution is -0.135. The maximum absolute atomic E-state index is 11.7. The van der Waals surface area contributed by atoms with Crippen LogP contribution in [-0.2, 0) is 27.9 Å². The van der Waals surface area contributed by atoms with Gasteiger partial charge in [0.1, 0.15) is 6.26 Å². The Labute approximate surface area is 82.3 Å². The molecule has 0 heterocycles. The molecule has 82 valence electrons. The first kappa shape index (κ1) is 13.2. The molecule has 0 amide bonds. The number of hydrogen-bond donors (Lipinski definition) is 0. The van der Waals surface area contributed by atoms with Crippen LogP contribution in [0.5, 0.6) is 0 Å². The van der Waals surface area contributed by atoms with Gasteiger partial charge < -0.3 is 18.5 Å². The minimum Gasteiger partial charge on any atom is -0.503 e. The highest BCUT2D eigenvalue weighted by molar-refractivity contribution is 7.59. The first-order chi connectivity index (χ1) is 6.55. The molecule has 0 aromatic heterocycles. The van der Waals surface area contributed by atoms with Crippen LogP contribution in [0.25, 0.3) is 0 Å². The predicted molar refractivity (Wildman–Crippen MR) is 48.7 cm³/mol. The molecule has 0 saturated heterocycles. The van der Waals surface area contributed by atoms with Gasteiger partial charge in [-0.15, -0.1) is 0 Å². The highest BCUT2D eigenvalue weighted by Crippen LogP contribution is 2.54. The van der Waals surface area contributed by atoms with E-state index in [-0.39, 0.29) is 5.31 Å². The molecule has 0 radical (unpaired) electrons. The smallest absolute Gasteiger partial charge is 0.371 e. The zero-order valence-corrected chi connectivity index (χ0v) is 9.37. The van der Waals surface area contributed by atoms with Crippen molar-refractivity contribution in [2.24, 2.45) is 0 Å². The first-order valence-corrected chi connectivity index (χ1v) is 5.13. The third-order valence-corrected chi connectivity index (χ3v) is 3.24. The number of methoxy groups -OCH3 is 2. The first-order valence-electron chi connectivity index (χ1n) is 3.59. The molecule has 0 unspecified atom stereocenters. The summed E-state index contributed by atoms with van der Waals surface area (Å²) < 4.78 is 29.9. The number of hydrogen-bond acceptors (Lipinski definition) is 6. The number of rotatable bonds is 5. The summed E-state index contributed by atoms with van der Waals surface area (Å²) in [6.07, 6.45) is 0.972. The fourth-order valence-electron chi connectivity index (χ4n) is 0.712. The van der Waals surface area contributed by atoms with Crippen LogP contribution in [-0.4, -0.2) is 34.4 Å². The van der Waals surface area contributed by atoms with Crippen LogP contribution in [0.4, 0.5) is 0 Å². The fourth-order valence-corrected chi connectivity index (χ4v) is 1.80. The molecular weight excluding hydrogens is 211 g/mol. The molecule has 0 aliphatic carbocycles. The van der Waals surface area contributed by atoms with E-state index >= 15 is 0 Å². The van der Waals surface area contributed by atoms with Gasteiger partial charge in [-0.1, -0.05) is 0 Å². The van der Waals surface area contributed by atoms with Crippen LogP contribution in [0.1, 0.15) is 0 Å². The second kappa shape index (κ2) is 5.80. The molecule has 0 spiro atoms. The van der Waals surface area contributed by atoms with Crippen LogP contribution >= 0.6 is 7.60 Å². The zero-order valence-electron chi connectivity index (χ0n) is 8.47. The minimum absolute atomic E-state index is 0.285. The Kier molecular flexibility index (Phi) is 5.45. The van der Waals surface area contributed by atoms with E-state index in [1.54, 1.807) is 0 Å². The molecule has 0 rings (SSSR count). The van der Waals surface area contributed by atoms with Crippen LogP contribution in [0.15, 0.2) is 11.6 Å². The molecule has 0 N–H and O–H groups in total. The van der Waals surface area contributed by atoms with E-state index in [1.165, 1.54) is 7.11 Å². The predicted octanol–water partition coefficient (Wildman–Crippen LogP) is 1.13. The lowest BCUT2D eigenvalue weighted by atomic mass is 10.6. The van der Waals surface area contributed by atoms with E-state index in [0.717, 1.165) is 27.6 Å². The van der Waals surface area contributed by atoms with Gasteiger partial charge in [0, 0.05) is 14.2 Å². The standard InChI is InChI=1S/C7H13O6P/c1-10-5-6(7(8)11-2)14(9,12-3)13-4/h5H,1-4H3/b6-5+. The quantitative estimate of drug-likeness (QED) is 0.302. The Bertz CT molecular complexity index is 263. The van der Waals surface area contributed by atoms with Crippen LogP contribution in [0, 0.1) is 0 Å². The topological polar surface area (TPSA) is 71.1 Å². The molecule has 0 saturated carbocycles. The monoisotopic (exact) mass is 224 g/mol. The van der Waals surface area contributed by atoms with E-state index in [0.29, 0.717) is 0 Å². The molecule has 0 aliphatic heterocycles. The molecule has 0 aromatic rings. The molecule has 0 bridgehead atoms. The number of esters is 1. The molecule has 0 fully saturated rings. The van der Waals surface area contributed by atoms with Gasteiger partial charge in [-0.05, 0) is 0 Å². The summed E-state index contributed by atoms with van der Waals surface area (Å²) in [5.41, 5.74) is 0. The maximum Gasteiger partial charge on any atom is 0.371 e. The summed E-state index contributed by atoms with van der Waals surface area (Å²) in [7, 11) is 1.17. The zero-order chi connectivity index (χ0) is 11.2. The highest BCUT2D eigenvalue weighted by Gasteiger charge is 2.34. The van der Waals surface area contributed by atoms with Gasteiger partial charge in [-0.3, -0.25) is 4.57 Å². The van der Waals surface area contributed by atoms with Crippen LogP contribution in [0.2, 0.25) is 0 Å². The second-order valence-corrected chi connectivity index (χ2v) is 4.30. The van der Waals surface area contributed by atoms with E-state index < -0.39 is 13.6 Å². The summed E-state index contributed by atoms with van der Waals surface area (Å²) in [6, 6.07) is 0. The van der Waals surface area contributed by atoms with E-state index in [2.05, 4.69) is 18.5 Å². The third kappa shape index (κ3) is 2.83. The van der Waals surface area contributed by atoms with Gasteiger partial charge >= 0.3 is 13.6 Å². The fraction of sp³-hybridized carbons (Fsp3) is 0.571. The average Bonchev–Trinajstić information content (AvgIpc) is 2.23. The average molecular weight is 224 g/mol. The van der Waals surface area contributed by atoms with Gasteiger partial charge in [0.2, 0.25) is 0 Å². The van der Waals surface area contributed by atoms with Gasteiger partial charge in [0.25, 0.3) is 0 Å². The molecule has 0 atom stereocenters. The maximum atomic E-state index is 11.7. The molecule has 14 heavy (non-hydrogen) atoms. The SMILES string of the molecule is CO/C=C(\C(=O)OC)P(=O)(OC)OC. The van der Waals surface area contributed by atoms with E-state index in [9.17, 15) is 9.36 Å². The van der Waals surface area contributed by atoms with Gasteiger partial charge in [-0.25, -0.2) is 4.79 Å². The summed E-state index contributed by atoms with van der Waals surface area (Å²) in [4.78, 5) is 11.2. The molecule has 0 aliphatic rings. The van der Waals surface area contributed by atoms with Crippen molar-refractivity contribution >= 4 is 13.6 Å². The lowest BCUT2D eigenvalue weighted by Gasteiger charge is -2.14. The van der Waals surface area contributed by atoms with Crippen molar-refractivity contribution in [3.05, 3.63) is 11.6 Å². The van der Waals surface area contributed by atoms with Gasteiger partial charge in [0.05, 0.1) is 14.2 Å². The summed E-state index contributed by atoms with van der Waals surface area (Å²) in [5.74, 6) is -0.820. The largest absolute Gasteiger partial charge is 0.503 e. The summed E-state index contributed by atoms with van der Waals surface area (Å²) in [6.45, 7) is 0. The molecular formula is C7H13O6P. The Morgan fingerprint density at radius 2 is 1.64 bits per heavy atom. The minimum atomic E-state index is -3.62. The molecule has 6 nitrogen and oxygen atoms in total. The van der Waals surface area contributed by atoms with Crippen LogP contribution in [0.3, 0.4) is 0 Å². The van der Waals surface area contributed by atoms with Gasteiger partial charge in [-0.2, -0.15) is 0 Å². The number of carbonyl (C=O) groups excluding carboxylic acids is 1. The number of carbonyl (C=O) groups is 1. The molecule has 7 heteroatoms. The van der Waals surface area contributed by atoms with Gasteiger partial charge in [0.15, 0.2) is 5.31 Å². The van der Waals surface area contributed by atoms with Crippen molar-refractivity contribution in [1.82, 2.24) is 0 Å². The van der Waals surface area contributed by atoms with E-state index in [4.69, 9.17) is 0 Å².